The first-order chi connectivity index (χ1) is 11.3. The fourth-order valence-electron chi connectivity index (χ4n) is 2.78. The molecule has 0 amide bonds. The monoisotopic (exact) mass is 299 g/mol. The highest BCUT2D eigenvalue weighted by Crippen LogP contribution is 2.25. The summed E-state index contributed by atoms with van der Waals surface area (Å²) in [5.74, 6) is 0. The molecule has 23 heavy (non-hydrogen) atoms. The van der Waals surface area contributed by atoms with E-state index in [1.165, 1.54) is 0 Å². The van der Waals surface area contributed by atoms with Crippen molar-refractivity contribution in [3.63, 3.8) is 0 Å². The fourth-order valence-corrected chi connectivity index (χ4v) is 2.78. The molecule has 0 spiro atoms. The molecule has 2 aromatic carbocycles. The standard InChI is InChI=1S/C18H13N5/c19-10-14-17-15(13-8-4-5-9-16(13)21-17)11-23(18(14)20)22-12-6-2-1-3-7-12/h1-9,11,20-22H. The molecule has 2 heterocycles. The molecule has 3 N–H and O–H groups in total. The third-order valence-corrected chi connectivity index (χ3v) is 3.87. The van der Waals surface area contributed by atoms with Crippen molar-refractivity contribution in [2.75, 3.05) is 5.43 Å². The highest BCUT2D eigenvalue weighted by Gasteiger charge is 2.12. The maximum atomic E-state index is 9.50. The van der Waals surface area contributed by atoms with Crippen molar-refractivity contribution in [1.82, 2.24) is 9.66 Å². The Bertz CT molecular complexity index is 1110. The van der Waals surface area contributed by atoms with Crippen molar-refractivity contribution in [2.45, 2.75) is 0 Å². The Hall–Kier alpha value is -3.52. The van der Waals surface area contributed by atoms with Crippen LogP contribution in [0, 0.1) is 16.7 Å². The van der Waals surface area contributed by atoms with Gasteiger partial charge in [-0.25, -0.2) is 4.68 Å². The molecule has 5 nitrogen and oxygen atoms in total. The lowest BCUT2D eigenvalue weighted by Gasteiger charge is -2.11. The first-order valence-electron chi connectivity index (χ1n) is 7.21. The zero-order valence-corrected chi connectivity index (χ0v) is 12.2. The Morgan fingerprint density at radius 1 is 1.00 bits per heavy atom. The molecule has 0 atom stereocenters. The molecule has 0 saturated heterocycles. The van der Waals surface area contributed by atoms with E-state index in [-0.39, 0.29) is 5.49 Å². The molecule has 0 fully saturated rings. The van der Waals surface area contributed by atoms with Gasteiger partial charge in [0.1, 0.15) is 11.6 Å². The van der Waals surface area contributed by atoms with E-state index >= 15 is 0 Å². The molecule has 0 unspecified atom stereocenters. The summed E-state index contributed by atoms with van der Waals surface area (Å²) >= 11 is 0. The quantitative estimate of drug-likeness (QED) is 0.530. The molecule has 0 radical (unpaired) electrons. The molecule has 0 bridgehead atoms. The van der Waals surface area contributed by atoms with Crippen LogP contribution in [-0.2, 0) is 0 Å². The highest BCUT2D eigenvalue weighted by atomic mass is 15.4. The molecule has 0 aliphatic rings. The van der Waals surface area contributed by atoms with E-state index in [2.05, 4.69) is 16.5 Å². The zero-order chi connectivity index (χ0) is 15.8. The van der Waals surface area contributed by atoms with Crippen molar-refractivity contribution in [3.05, 3.63) is 71.8 Å². The number of hydrogen-bond acceptors (Lipinski definition) is 3. The number of fused-ring (bicyclic) bond motifs is 3. The smallest absolute Gasteiger partial charge is 0.164 e. The summed E-state index contributed by atoms with van der Waals surface area (Å²) in [4.78, 5) is 3.25. The highest BCUT2D eigenvalue weighted by molar-refractivity contribution is 6.08. The molecule has 0 aliphatic carbocycles. The van der Waals surface area contributed by atoms with Gasteiger partial charge in [-0.1, -0.05) is 36.4 Å². The Balaban J connectivity index is 2.02. The number of benzene rings is 2. The average Bonchev–Trinajstić information content (AvgIpc) is 2.95. The second-order valence-corrected chi connectivity index (χ2v) is 5.27. The minimum Gasteiger partial charge on any atom is -0.353 e. The topological polar surface area (TPSA) is 80.4 Å². The van der Waals surface area contributed by atoms with Crippen LogP contribution in [-0.4, -0.2) is 9.66 Å². The number of nitrogens with zero attached hydrogens (tertiary/aromatic N) is 2. The van der Waals surface area contributed by atoms with Gasteiger partial charge < -0.3 is 4.98 Å². The minimum atomic E-state index is 0.121. The van der Waals surface area contributed by atoms with Crippen molar-refractivity contribution in [1.29, 1.82) is 10.7 Å². The molecule has 4 rings (SSSR count). The number of hydrogen-bond donors (Lipinski definition) is 3. The first-order valence-corrected chi connectivity index (χ1v) is 7.21. The summed E-state index contributed by atoms with van der Waals surface area (Å²) in [7, 11) is 0. The Kier molecular flexibility index (Phi) is 2.88. The van der Waals surface area contributed by atoms with Crippen LogP contribution in [0.3, 0.4) is 0 Å². The van der Waals surface area contributed by atoms with E-state index in [0.29, 0.717) is 11.1 Å². The molecule has 0 saturated carbocycles. The van der Waals surface area contributed by atoms with E-state index in [4.69, 9.17) is 5.41 Å². The van der Waals surface area contributed by atoms with Gasteiger partial charge in [-0.3, -0.25) is 10.8 Å². The molecule has 4 aromatic rings. The molecule has 0 aliphatic heterocycles. The van der Waals surface area contributed by atoms with E-state index in [9.17, 15) is 5.26 Å². The number of anilines is 1. The maximum Gasteiger partial charge on any atom is 0.164 e. The number of rotatable bonds is 2. The molecule has 110 valence electrons. The van der Waals surface area contributed by atoms with Gasteiger partial charge in [-0.2, -0.15) is 5.26 Å². The number of para-hydroxylation sites is 2. The van der Waals surface area contributed by atoms with Gasteiger partial charge >= 0.3 is 0 Å². The second kappa shape index (κ2) is 5.04. The summed E-state index contributed by atoms with van der Waals surface area (Å²) in [6.45, 7) is 0. The van der Waals surface area contributed by atoms with Crippen LogP contribution in [0.4, 0.5) is 5.69 Å². The minimum absolute atomic E-state index is 0.121. The van der Waals surface area contributed by atoms with Crippen LogP contribution in [0.25, 0.3) is 21.8 Å². The van der Waals surface area contributed by atoms with Gasteiger partial charge in [0.05, 0.1) is 11.2 Å². The van der Waals surface area contributed by atoms with Crippen molar-refractivity contribution >= 4 is 27.5 Å². The van der Waals surface area contributed by atoms with Gasteiger partial charge in [0.15, 0.2) is 5.49 Å². The summed E-state index contributed by atoms with van der Waals surface area (Å²) in [5, 5.41) is 19.8. The lowest BCUT2D eigenvalue weighted by Crippen LogP contribution is -2.28. The molecular weight excluding hydrogens is 286 g/mol. The van der Waals surface area contributed by atoms with Crippen molar-refractivity contribution < 1.29 is 0 Å². The van der Waals surface area contributed by atoms with Gasteiger partial charge in [0.25, 0.3) is 0 Å². The maximum absolute atomic E-state index is 9.50. The van der Waals surface area contributed by atoms with E-state index in [1.807, 2.05) is 60.8 Å². The van der Waals surface area contributed by atoms with Gasteiger partial charge in [-0.05, 0) is 18.2 Å². The average molecular weight is 299 g/mol. The second-order valence-electron chi connectivity index (χ2n) is 5.27. The number of nitrogens with one attached hydrogen (secondary N) is 3. The predicted molar refractivity (Wildman–Crippen MR) is 89.8 cm³/mol. The zero-order valence-electron chi connectivity index (χ0n) is 12.2. The van der Waals surface area contributed by atoms with Crippen LogP contribution in [0.5, 0.6) is 0 Å². The number of nitriles is 1. The Labute approximate surface area is 131 Å². The lowest BCUT2D eigenvalue weighted by atomic mass is 10.1. The van der Waals surface area contributed by atoms with E-state index < -0.39 is 0 Å². The third kappa shape index (κ3) is 2.05. The number of H-pyrrole nitrogens is 1. The summed E-state index contributed by atoms with van der Waals surface area (Å²) in [5.41, 5.74) is 6.11. The van der Waals surface area contributed by atoms with E-state index in [0.717, 1.165) is 22.0 Å². The van der Waals surface area contributed by atoms with Gasteiger partial charge in [0.2, 0.25) is 0 Å². The van der Waals surface area contributed by atoms with Gasteiger partial charge in [0, 0.05) is 22.5 Å². The largest absolute Gasteiger partial charge is 0.353 e. The molecule has 2 aromatic heterocycles. The van der Waals surface area contributed by atoms with Crippen LogP contribution in [0.1, 0.15) is 5.56 Å². The Morgan fingerprint density at radius 3 is 2.52 bits per heavy atom. The van der Waals surface area contributed by atoms with Crippen molar-refractivity contribution in [2.24, 2.45) is 0 Å². The number of pyridine rings is 1. The fraction of sp³-hybridized carbons (Fsp3) is 0. The Morgan fingerprint density at radius 2 is 1.74 bits per heavy atom. The third-order valence-electron chi connectivity index (χ3n) is 3.87. The molecular formula is C18H13N5. The SMILES string of the molecule is N#Cc1c(=N)n(Nc2ccccc2)cc2c1[nH]c1ccccc12. The predicted octanol–water partition coefficient (Wildman–Crippen LogP) is 3.35. The number of aromatic amines is 1. The molecule has 5 heteroatoms. The van der Waals surface area contributed by atoms with Crippen LogP contribution >= 0.6 is 0 Å². The van der Waals surface area contributed by atoms with Gasteiger partial charge in [-0.15, -0.1) is 0 Å². The summed E-state index contributed by atoms with van der Waals surface area (Å²) in [6, 6.07) is 19.6. The van der Waals surface area contributed by atoms with Crippen molar-refractivity contribution in [3.8, 4) is 6.07 Å². The van der Waals surface area contributed by atoms with Crippen LogP contribution < -0.4 is 10.9 Å². The number of aromatic nitrogens is 2. The summed E-state index contributed by atoms with van der Waals surface area (Å²) < 4.78 is 1.58. The summed E-state index contributed by atoms with van der Waals surface area (Å²) in [6.07, 6.45) is 1.85. The van der Waals surface area contributed by atoms with Crippen LogP contribution in [0.2, 0.25) is 0 Å². The van der Waals surface area contributed by atoms with E-state index in [1.54, 1.807) is 4.68 Å². The first kappa shape index (κ1) is 13.2. The lowest BCUT2D eigenvalue weighted by molar-refractivity contribution is 0.855. The van der Waals surface area contributed by atoms with Crippen LogP contribution in [0.15, 0.2) is 60.8 Å². The normalized spacial score (nSPS) is 10.7.